The maximum Gasteiger partial charge on any atom is 0.316 e. The van der Waals surface area contributed by atoms with Crippen molar-refractivity contribution in [2.75, 3.05) is 7.11 Å². The number of carbonyl (C=O) groups is 1. The Morgan fingerprint density at radius 2 is 2.00 bits per heavy atom. The van der Waals surface area contributed by atoms with Crippen LogP contribution in [0.2, 0.25) is 5.02 Å². The fourth-order valence-electron chi connectivity index (χ4n) is 2.41. The Morgan fingerprint density at radius 1 is 1.23 bits per heavy atom. The van der Waals surface area contributed by atoms with Crippen LogP contribution in [0, 0.1) is 0 Å². The van der Waals surface area contributed by atoms with Gasteiger partial charge in [0.1, 0.15) is 11.0 Å². The second-order valence-corrected chi connectivity index (χ2v) is 7.16. The van der Waals surface area contributed by atoms with Gasteiger partial charge in [0, 0.05) is 5.02 Å². The number of para-hydroxylation sites is 1. The lowest BCUT2D eigenvalue weighted by atomic mass is 10.2. The average Bonchev–Trinajstić information content (AvgIpc) is 3.04. The Morgan fingerprint density at radius 3 is 2.69 bits per heavy atom. The molecule has 0 aliphatic rings. The first-order valence-electron chi connectivity index (χ1n) is 7.75. The van der Waals surface area contributed by atoms with Gasteiger partial charge in [-0.3, -0.25) is 9.36 Å². The summed E-state index contributed by atoms with van der Waals surface area (Å²) in [6, 6.07) is 14.7. The molecule has 0 aliphatic heterocycles. The lowest BCUT2D eigenvalue weighted by Crippen LogP contribution is -2.12. The van der Waals surface area contributed by atoms with Gasteiger partial charge in [-0.05, 0) is 37.3 Å². The Kier molecular flexibility index (Phi) is 5.49. The molecule has 6 nitrogen and oxygen atoms in total. The molecule has 0 fully saturated rings. The van der Waals surface area contributed by atoms with Gasteiger partial charge in [-0.1, -0.05) is 41.6 Å². The van der Waals surface area contributed by atoms with E-state index >= 15 is 0 Å². The molecule has 0 saturated carbocycles. The number of rotatable bonds is 6. The van der Waals surface area contributed by atoms with E-state index in [4.69, 9.17) is 16.3 Å². The van der Waals surface area contributed by atoms with Crippen LogP contribution in [0.3, 0.4) is 0 Å². The summed E-state index contributed by atoms with van der Waals surface area (Å²) < 4.78 is 7.22. The molecule has 1 heterocycles. The summed E-state index contributed by atoms with van der Waals surface area (Å²) in [6.07, 6.45) is 0. The summed E-state index contributed by atoms with van der Waals surface area (Å²) in [5.41, 5.74) is 1.49. The monoisotopic (exact) mass is 389 g/mol. The van der Waals surface area contributed by atoms with Crippen molar-refractivity contribution in [3.05, 3.63) is 53.6 Å². The Balaban J connectivity index is 2.19. The SMILES string of the molecule is COc1ccccc1-c1nnc(S[C@@H](C)C(=O)O)n1-c1cccc(Cl)c1. The molecule has 1 atom stereocenters. The van der Waals surface area contributed by atoms with Crippen LogP contribution in [0.5, 0.6) is 5.75 Å². The largest absolute Gasteiger partial charge is 0.496 e. The lowest BCUT2D eigenvalue weighted by Gasteiger charge is -2.13. The molecule has 3 aromatic rings. The highest BCUT2D eigenvalue weighted by molar-refractivity contribution is 8.00. The van der Waals surface area contributed by atoms with Crippen molar-refractivity contribution in [3.63, 3.8) is 0 Å². The molecular weight excluding hydrogens is 374 g/mol. The minimum atomic E-state index is -0.922. The van der Waals surface area contributed by atoms with E-state index in [9.17, 15) is 9.90 Å². The third kappa shape index (κ3) is 3.68. The van der Waals surface area contributed by atoms with Crippen molar-refractivity contribution in [1.82, 2.24) is 14.8 Å². The molecular formula is C18H16ClN3O3S. The normalized spacial score (nSPS) is 12.0. The number of halogens is 1. The zero-order chi connectivity index (χ0) is 18.7. The van der Waals surface area contributed by atoms with Crippen LogP contribution in [0.15, 0.2) is 53.7 Å². The van der Waals surface area contributed by atoms with E-state index in [0.717, 1.165) is 23.0 Å². The summed E-state index contributed by atoms with van der Waals surface area (Å²) in [5.74, 6) is 0.269. The third-order valence-electron chi connectivity index (χ3n) is 3.68. The fourth-order valence-corrected chi connectivity index (χ4v) is 3.39. The molecule has 0 spiro atoms. The number of carboxylic acid groups (broad SMARTS) is 1. The first kappa shape index (κ1) is 18.3. The van der Waals surface area contributed by atoms with E-state index < -0.39 is 11.2 Å². The van der Waals surface area contributed by atoms with Crippen LogP contribution in [0.25, 0.3) is 17.1 Å². The smallest absolute Gasteiger partial charge is 0.316 e. The van der Waals surface area contributed by atoms with E-state index in [1.807, 2.05) is 36.4 Å². The minimum Gasteiger partial charge on any atom is -0.496 e. The van der Waals surface area contributed by atoms with Gasteiger partial charge in [0.05, 0.1) is 18.4 Å². The number of aliphatic carboxylic acids is 1. The summed E-state index contributed by atoms with van der Waals surface area (Å²) in [7, 11) is 1.58. The summed E-state index contributed by atoms with van der Waals surface area (Å²) in [6.45, 7) is 1.60. The Hall–Kier alpha value is -2.51. The van der Waals surface area contributed by atoms with Crippen molar-refractivity contribution in [2.45, 2.75) is 17.3 Å². The van der Waals surface area contributed by atoms with Crippen molar-refractivity contribution >= 4 is 29.3 Å². The standard InChI is InChI=1S/C18H16ClN3O3S/c1-11(17(23)24)26-18-21-20-16(14-8-3-4-9-15(14)25-2)22(18)13-7-5-6-12(19)10-13/h3-11H,1-2H3,(H,23,24)/t11-/m0/s1. The predicted octanol–water partition coefficient (Wildman–Crippen LogP) is 4.16. The van der Waals surface area contributed by atoms with Crippen LogP contribution in [-0.2, 0) is 4.79 Å². The van der Waals surface area contributed by atoms with Gasteiger partial charge >= 0.3 is 5.97 Å². The summed E-state index contributed by atoms with van der Waals surface area (Å²) in [5, 5.41) is 18.1. The average molecular weight is 390 g/mol. The molecule has 0 bridgehead atoms. The molecule has 134 valence electrons. The Bertz CT molecular complexity index is 945. The molecule has 0 aliphatic carbocycles. The summed E-state index contributed by atoms with van der Waals surface area (Å²) in [4.78, 5) is 11.3. The van der Waals surface area contributed by atoms with Gasteiger partial charge in [-0.15, -0.1) is 10.2 Å². The number of thioether (sulfide) groups is 1. The quantitative estimate of drug-likeness (QED) is 0.638. The Labute approximate surface area is 159 Å². The van der Waals surface area contributed by atoms with Gasteiger partial charge < -0.3 is 9.84 Å². The molecule has 1 N–H and O–H groups in total. The van der Waals surface area contributed by atoms with Crippen LogP contribution < -0.4 is 4.74 Å². The van der Waals surface area contributed by atoms with Crippen molar-refractivity contribution in [3.8, 4) is 22.8 Å². The zero-order valence-corrected chi connectivity index (χ0v) is 15.7. The van der Waals surface area contributed by atoms with Gasteiger partial charge in [0.15, 0.2) is 11.0 Å². The van der Waals surface area contributed by atoms with Crippen LogP contribution >= 0.6 is 23.4 Å². The maximum atomic E-state index is 11.3. The zero-order valence-electron chi connectivity index (χ0n) is 14.1. The fraction of sp³-hybridized carbons (Fsp3) is 0.167. The molecule has 8 heteroatoms. The molecule has 0 radical (unpaired) electrons. The first-order valence-corrected chi connectivity index (χ1v) is 9.01. The number of hydrogen-bond acceptors (Lipinski definition) is 5. The number of methoxy groups -OCH3 is 1. The molecule has 26 heavy (non-hydrogen) atoms. The van der Waals surface area contributed by atoms with Crippen molar-refractivity contribution in [1.29, 1.82) is 0 Å². The maximum absolute atomic E-state index is 11.3. The van der Waals surface area contributed by atoms with E-state index in [-0.39, 0.29) is 0 Å². The van der Waals surface area contributed by atoms with E-state index in [1.165, 1.54) is 0 Å². The van der Waals surface area contributed by atoms with Crippen LogP contribution in [-0.4, -0.2) is 38.2 Å². The number of hydrogen-bond donors (Lipinski definition) is 1. The second kappa shape index (κ2) is 7.80. The van der Waals surface area contributed by atoms with Gasteiger partial charge in [0.25, 0.3) is 0 Å². The number of benzene rings is 2. The first-order chi connectivity index (χ1) is 12.5. The highest BCUT2D eigenvalue weighted by atomic mass is 35.5. The molecule has 1 aromatic heterocycles. The van der Waals surface area contributed by atoms with Crippen LogP contribution in [0.4, 0.5) is 0 Å². The number of aromatic nitrogens is 3. The number of nitrogens with zero attached hydrogens (tertiary/aromatic N) is 3. The highest BCUT2D eigenvalue weighted by Crippen LogP contribution is 2.34. The topological polar surface area (TPSA) is 77.2 Å². The predicted molar refractivity (Wildman–Crippen MR) is 101 cm³/mol. The number of carboxylic acids is 1. The van der Waals surface area contributed by atoms with Crippen molar-refractivity contribution in [2.24, 2.45) is 0 Å². The second-order valence-electron chi connectivity index (χ2n) is 5.42. The van der Waals surface area contributed by atoms with E-state index in [0.29, 0.717) is 21.8 Å². The third-order valence-corrected chi connectivity index (χ3v) is 4.94. The van der Waals surface area contributed by atoms with E-state index in [2.05, 4.69) is 10.2 Å². The minimum absolute atomic E-state index is 0.461. The van der Waals surface area contributed by atoms with Gasteiger partial charge in [0.2, 0.25) is 0 Å². The van der Waals surface area contributed by atoms with Crippen LogP contribution in [0.1, 0.15) is 6.92 Å². The molecule has 0 amide bonds. The molecule has 0 saturated heterocycles. The summed E-state index contributed by atoms with van der Waals surface area (Å²) >= 11 is 7.26. The van der Waals surface area contributed by atoms with Crippen molar-refractivity contribution < 1.29 is 14.6 Å². The lowest BCUT2D eigenvalue weighted by molar-refractivity contribution is -0.136. The molecule has 3 rings (SSSR count). The number of ether oxygens (including phenoxy) is 1. The highest BCUT2D eigenvalue weighted by Gasteiger charge is 2.22. The van der Waals surface area contributed by atoms with E-state index in [1.54, 1.807) is 30.7 Å². The van der Waals surface area contributed by atoms with Gasteiger partial charge in [-0.2, -0.15) is 0 Å². The van der Waals surface area contributed by atoms with Gasteiger partial charge in [-0.25, -0.2) is 0 Å². The molecule has 2 aromatic carbocycles. The molecule has 0 unspecified atom stereocenters.